The van der Waals surface area contributed by atoms with Gasteiger partial charge in [0.2, 0.25) is 11.9 Å². The third kappa shape index (κ3) is 4.06. The third-order valence-electron chi connectivity index (χ3n) is 4.97. The highest BCUT2D eigenvalue weighted by atomic mass is 35.5. The Morgan fingerprint density at radius 3 is 2.67 bits per heavy atom. The molecule has 0 radical (unpaired) electrons. The van der Waals surface area contributed by atoms with Crippen LogP contribution in [0.25, 0.3) is 5.69 Å². The van der Waals surface area contributed by atoms with Crippen molar-refractivity contribution < 1.29 is 9.53 Å². The summed E-state index contributed by atoms with van der Waals surface area (Å²) in [6.07, 6.45) is 4.60. The van der Waals surface area contributed by atoms with E-state index < -0.39 is 6.09 Å². The summed E-state index contributed by atoms with van der Waals surface area (Å²) in [6.45, 7) is 6.33. The normalized spacial score (nSPS) is 17.3. The summed E-state index contributed by atoms with van der Waals surface area (Å²) in [5, 5.41) is 3.90. The fraction of sp³-hybridized carbons (Fsp3) is 0.350. The SMILES string of the molecule is CC(C)C1COC(=O)N1c1ncnc(N[C@H](C)c2cn(-c3ccc(Cl)cc3)cn2)n1. The number of aromatic nitrogens is 5. The molecule has 1 N–H and O–H groups in total. The second-order valence-electron chi connectivity index (χ2n) is 7.42. The first-order chi connectivity index (χ1) is 14.4. The van der Waals surface area contributed by atoms with Crippen molar-refractivity contribution in [1.82, 2.24) is 24.5 Å². The van der Waals surface area contributed by atoms with E-state index in [1.165, 1.54) is 11.2 Å². The number of ether oxygens (including phenoxy) is 1. The summed E-state index contributed by atoms with van der Waals surface area (Å²) < 4.78 is 7.09. The number of imidazole rings is 1. The van der Waals surface area contributed by atoms with E-state index in [1.54, 1.807) is 6.33 Å². The predicted octanol–water partition coefficient (Wildman–Crippen LogP) is 3.87. The van der Waals surface area contributed by atoms with Crippen molar-refractivity contribution in [2.75, 3.05) is 16.8 Å². The predicted molar refractivity (Wildman–Crippen MR) is 113 cm³/mol. The van der Waals surface area contributed by atoms with Crippen LogP contribution in [0.2, 0.25) is 5.02 Å². The molecule has 10 heteroatoms. The third-order valence-corrected chi connectivity index (χ3v) is 5.22. The molecule has 1 aliphatic heterocycles. The molecule has 30 heavy (non-hydrogen) atoms. The van der Waals surface area contributed by atoms with Crippen molar-refractivity contribution in [3.8, 4) is 5.69 Å². The van der Waals surface area contributed by atoms with Crippen molar-refractivity contribution in [3.63, 3.8) is 0 Å². The van der Waals surface area contributed by atoms with Gasteiger partial charge in [-0.3, -0.25) is 0 Å². The number of nitrogens with zero attached hydrogens (tertiary/aromatic N) is 6. The minimum absolute atomic E-state index is 0.111. The molecule has 1 unspecified atom stereocenters. The fourth-order valence-electron chi connectivity index (χ4n) is 3.21. The van der Waals surface area contributed by atoms with Crippen molar-refractivity contribution in [3.05, 3.63) is 53.8 Å². The van der Waals surface area contributed by atoms with Crippen LogP contribution in [0.15, 0.2) is 43.1 Å². The molecule has 3 heterocycles. The topological polar surface area (TPSA) is 98.1 Å². The quantitative estimate of drug-likeness (QED) is 0.637. The molecule has 1 fully saturated rings. The van der Waals surface area contributed by atoms with E-state index >= 15 is 0 Å². The maximum absolute atomic E-state index is 12.2. The molecule has 156 valence electrons. The van der Waals surface area contributed by atoms with Crippen LogP contribution in [0.4, 0.5) is 16.7 Å². The Balaban J connectivity index is 1.50. The number of rotatable bonds is 6. The number of cyclic esters (lactones) is 1. The molecule has 1 amide bonds. The monoisotopic (exact) mass is 427 g/mol. The largest absolute Gasteiger partial charge is 0.447 e. The Labute approximate surface area is 179 Å². The number of hydrogen-bond acceptors (Lipinski definition) is 7. The zero-order valence-electron chi connectivity index (χ0n) is 16.9. The van der Waals surface area contributed by atoms with Crippen molar-refractivity contribution in [1.29, 1.82) is 0 Å². The van der Waals surface area contributed by atoms with E-state index in [2.05, 4.69) is 25.3 Å². The van der Waals surface area contributed by atoms with Crippen molar-refractivity contribution in [2.24, 2.45) is 5.92 Å². The molecule has 9 nitrogen and oxygen atoms in total. The van der Waals surface area contributed by atoms with E-state index in [0.717, 1.165) is 11.4 Å². The number of hydrogen-bond donors (Lipinski definition) is 1. The van der Waals surface area contributed by atoms with Gasteiger partial charge in [0.25, 0.3) is 0 Å². The van der Waals surface area contributed by atoms with Crippen LogP contribution in [-0.4, -0.2) is 43.2 Å². The first-order valence-electron chi connectivity index (χ1n) is 9.63. The second kappa shape index (κ2) is 8.27. The van der Waals surface area contributed by atoms with Gasteiger partial charge in [0.1, 0.15) is 12.9 Å². The van der Waals surface area contributed by atoms with Crippen LogP contribution in [0.5, 0.6) is 0 Å². The molecule has 1 saturated heterocycles. The maximum Gasteiger partial charge on any atom is 0.417 e. The molecule has 2 atom stereocenters. The molecule has 1 aliphatic rings. The molecule has 1 aromatic carbocycles. The molecule has 0 bridgehead atoms. The molecule has 4 rings (SSSR count). The van der Waals surface area contributed by atoms with Gasteiger partial charge in [-0.15, -0.1) is 0 Å². The molecule has 2 aromatic heterocycles. The lowest BCUT2D eigenvalue weighted by molar-refractivity contribution is 0.177. The molecular weight excluding hydrogens is 406 g/mol. The first-order valence-corrected chi connectivity index (χ1v) is 10.0. The lowest BCUT2D eigenvalue weighted by atomic mass is 10.1. The lowest BCUT2D eigenvalue weighted by Crippen LogP contribution is -2.38. The zero-order chi connectivity index (χ0) is 21.3. The van der Waals surface area contributed by atoms with Gasteiger partial charge in [0.05, 0.1) is 24.1 Å². The summed E-state index contributed by atoms with van der Waals surface area (Å²) in [5.41, 5.74) is 1.77. The van der Waals surface area contributed by atoms with Gasteiger partial charge in [-0.2, -0.15) is 4.98 Å². The van der Waals surface area contributed by atoms with Gasteiger partial charge in [-0.1, -0.05) is 25.4 Å². The van der Waals surface area contributed by atoms with Gasteiger partial charge in [-0.05, 0) is 37.1 Å². The van der Waals surface area contributed by atoms with E-state index in [9.17, 15) is 4.79 Å². The van der Waals surface area contributed by atoms with Crippen LogP contribution < -0.4 is 10.2 Å². The minimum Gasteiger partial charge on any atom is -0.447 e. The Kier molecular flexibility index (Phi) is 5.54. The average molecular weight is 428 g/mol. The molecule has 3 aromatic rings. The summed E-state index contributed by atoms with van der Waals surface area (Å²) >= 11 is 5.95. The number of anilines is 2. The van der Waals surface area contributed by atoms with E-state index in [4.69, 9.17) is 16.3 Å². The van der Waals surface area contributed by atoms with Crippen LogP contribution in [-0.2, 0) is 4.74 Å². The standard InChI is InChI=1S/C20H22ClN7O2/c1-12(2)17-9-30-20(29)28(17)19-23-10-22-18(26-19)25-13(3)16-8-27(11-24-16)15-6-4-14(21)5-7-15/h4-8,10-13,17H,9H2,1-3H3,(H,22,23,25,26)/t13-,17?/m1/s1. The van der Waals surface area contributed by atoms with E-state index in [1.807, 2.05) is 55.8 Å². The van der Waals surface area contributed by atoms with E-state index in [0.29, 0.717) is 17.6 Å². The minimum atomic E-state index is -0.444. The zero-order valence-corrected chi connectivity index (χ0v) is 17.6. The Morgan fingerprint density at radius 2 is 1.93 bits per heavy atom. The van der Waals surface area contributed by atoms with Crippen LogP contribution in [0.3, 0.4) is 0 Å². The van der Waals surface area contributed by atoms with Gasteiger partial charge in [-0.25, -0.2) is 24.6 Å². The number of amides is 1. The lowest BCUT2D eigenvalue weighted by Gasteiger charge is -2.22. The van der Waals surface area contributed by atoms with Gasteiger partial charge in [0.15, 0.2) is 0 Å². The highest BCUT2D eigenvalue weighted by Gasteiger charge is 2.38. The fourth-order valence-corrected chi connectivity index (χ4v) is 3.34. The smallest absolute Gasteiger partial charge is 0.417 e. The highest BCUT2D eigenvalue weighted by Crippen LogP contribution is 2.25. The number of nitrogens with one attached hydrogen (secondary N) is 1. The van der Waals surface area contributed by atoms with Gasteiger partial charge >= 0.3 is 6.09 Å². The maximum atomic E-state index is 12.2. The van der Waals surface area contributed by atoms with Crippen LogP contribution in [0, 0.1) is 5.92 Å². The number of carbonyl (C=O) groups excluding carboxylic acids is 1. The number of carbonyl (C=O) groups is 1. The summed E-state index contributed by atoms with van der Waals surface area (Å²) in [7, 11) is 0. The van der Waals surface area contributed by atoms with Crippen LogP contribution in [0.1, 0.15) is 32.5 Å². The van der Waals surface area contributed by atoms with Crippen molar-refractivity contribution in [2.45, 2.75) is 32.9 Å². The van der Waals surface area contributed by atoms with E-state index in [-0.39, 0.29) is 23.9 Å². The average Bonchev–Trinajstić information content (AvgIpc) is 3.36. The highest BCUT2D eigenvalue weighted by molar-refractivity contribution is 6.30. The summed E-state index contributed by atoms with van der Waals surface area (Å²) in [6, 6.07) is 7.23. The van der Waals surface area contributed by atoms with Gasteiger partial charge in [0, 0.05) is 16.9 Å². The van der Waals surface area contributed by atoms with Crippen LogP contribution >= 0.6 is 11.6 Å². The number of halogens is 1. The Hall–Kier alpha value is -3.20. The summed E-state index contributed by atoms with van der Waals surface area (Å²) in [5.74, 6) is 0.837. The van der Waals surface area contributed by atoms with Crippen molar-refractivity contribution >= 4 is 29.6 Å². The number of benzene rings is 1. The molecular formula is C20H22ClN7O2. The first kappa shape index (κ1) is 20.1. The molecule has 0 spiro atoms. The summed E-state index contributed by atoms with van der Waals surface area (Å²) in [4.78, 5) is 30.9. The molecule has 0 saturated carbocycles. The Bertz CT molecular complexity index is 1040. The Morgan fingerprint density at radius 1 is 1.17 bits per heavy atom. The van der Waals surface area contributed by atoms with Gasteiger partial charge < -0.3 is 14.6 Å². The second-order valence-corrected chi connectivity index (χ2v) is 7.85. The molecule has 0 aliphatic carbocycles.